The van der Waals surface area contributed by atoms with Crippen molar-refractivity contribution in [3.8, 4) is 34.5 Å². The number of halogens is 2. The highest BCUT2D eigenvalue weighted by Crippen LogP contribution is 2.42. The van der Waals surface area contributed by atoms with Gasteiger partial charge in [0.25, 0.3) is 0 Å². The van der Waals surface area contributed by atoms with Crippen LogP contribution in [-0.4, -0.2) is 91.9 Å². The second-order valence-corrected chi connectivity index (χ2v) is 12.4. The number of rotatable bonds is 10. The molecule has 2 aliphatic heterocycles. The summed E-state index contributed by atoms with van der Waals surface area (Å²) >= 11 is 0. The normalized spacial score (nSPS) is 19.2. The van der Waals surface area contributed by atoms with Crippen LogP contribution >= 0.6 is 0 Å². The van der Waals surface area contributed by atoms with Crippen molar-refractivity contribution in [1.29, 1.82) is 0 Å². The molecule has 0 bridgehead atoms. The quantitative estimate of drug-likeness (QED) is 0.198. The van der Waals surface area contributed by atoms with Crippen LogP contribution in [0.1, 0.15) is 34.3 Å². The molecule has 242 valence electrons. The summed E-state index contributed by atoms with van der Waals surface area (Å²) in [6, 6.07) is 16.8. The number of nitrogens with zero attached hydrogens (tertiary/aromatic N) is 2. The first-order valence-corrected chi connectivity index (χ1v) is 14.6. The van der Waals surface area contributed by atoms with Gasteiger partial charge in [-0.15, -0.1) is 0 Å². The van der Waals surface area contributed by atoms with E-state index >= 15 is 0 Å². The Morgan fingerprint density at radius 3 is 1.18 bits per heavy atom. The Morgan fingerprint density at radius 1 is 0.545 bits per heavy atom. The summed E-state index contributed by atoms with van der Waals surface area (Å²) in [7, 11) is 15.8. The van der Waals surface area contributed by atoms with Crippen molar-refractivity contribution in [3.05, 3.63) is 70.8 Å². The molecule has 2 heterocycles. The molecule has 44 heavy (non-hydrogen) atoms. The highest BCUT2D eigenvalue weighted by Gasteiger charge is 2.39. The van der Waals surface area contributed by atoms with Crippen molar-refractivity contribution >= 4 is 0 Å². The molecule has 0 saturated carbocycles. The van der Waals surface area contributed by atoms with E-state index < -0.39 is 0 Å². The maximum atomic E-state index is 6.37. The third kappa shape index (κ3) is 7.45. The van der Waals surface area contributed by atoms with Gasteiger partial charge in [0.1, 0.15) is 36.8 Å². The van der Waals surface area contributed by atoms with Gasteiger partial charge in [-0.1, -0.05) is 0 Å². The fourth-order valence-corrected chi connectivity index (χ4v) is 6.37. The topological polar surface area (TPSA) is 55.4 Å². The van der Waals surface area contributed by atoms with E-state index in [1.165, 1.54) is 22.3 Å². The summed E-state index contributed by atoms with van der Waals surface area (Å²) in [5.41, 5.74) is 5.10. The van der Waals surface area contributed by atoms with Crippen LogP contribution in [0.3, 0.4) is 0 Å². The molecule has 2 unspecified atom stereocenters. The van der Waals surface area contributed by atoms with Gasteiger partial charge in [0, 0.05) is 24.0 Å². The largest absolute Gasteiger partial charge is 1.00 e. The number of benzene rings is 3. The average molecular weight is 833 g/mol. The van der Waals surface area contributed by atoms with Crippen LogP contribution in [0.2, 0.25) is 0 Å². The molecule has 0 saturated heterocycles. The van der Waals surface area contributed by atoms with Crippen LogP contribution < -0.4 is 76.4 Å². The van der Waals surface area contributed by atoms with Gasteiger partial charge in [0.2, 0.25) is 0 Å². The van der Waals surface area contributed by atoms with E-state index in [0.29, 0.717) is 13.2 Å². The van der Waals surface area contributed by atoms with Crippen molar-refractivity contribution < 1.29 is 85.3 Å². The molecule has 3 aromatic rings. The van der Waals surface area contributed by atoms with E-state index in [-0.39, 0.29) is 60.0 Å². The summed E-state index contributed by atoms with van der Waals surface area (Å²) in [5.74, 6) is 4.71. The second-order valence-electron chi connectivity index (χ2n) is 12.4. The Balaban J connectivity index is 0.00000264. The number of hydrogen-bond donors (Lipinski definition) is 0. The summed E-state index contributed by atoms with van der Waals surface area (Å²) in [6.07, 6.45) is 1.99. The zero-order chi connectivity index (χ0) is 30.1. The minimum Gasteiger partial charge on any atom is -1.00 e. The van der Waals surface area contributed by atoms with Crippen LogP contribution in [-0.2, 0) is 12.8 Å². The van der Waals surface area contributed by atoms with Gasteiger partial charge in [-0.05, 0) is 59.7 Å². The van der Waals surface area contributed by atoms with Gasteiger partial charge in [-0.3, -0.25) is 0 Å². The van der Waals surface area contributed by atoms with Gasteiger partial charge in [0.05, 0.1) is 69.7 Å². The van der Waals surface area contributed by atoms with Gasteiger partial charge in [0.15, 0.2) is 23.0 Å². The van der Waals surface area contributed by atoms with Gasteiger partial charge < -0.3 is 85.3 Å². The fourth-order valence-electron chi connectivity index (χ4n) is 6.37. The van der Waals surface area contributed by atoms with Gasteiger partial charge in [-0.25, -0.2) is 0 Å². The summed E-state index contributed by atoms with van der Waals surface area (Å²) in [5, 5.41) is 0. The molecule has 0 spiro atoms. The van der Waals surface area contributed by atoms with Crippen LogP contribution in [0, 0.1) is 0 Å². The first-order valence-electron chi connectivity index (χ1n) is 14.6. The Morgan fingerprint density at radius 2 is 0.864 bits per heavy atom. The maximum Gasteiger partial charge on any atom is 0.161 e. The highest BCUT2D eigenvalue weighted by atomic mass is 127. The van der Waals surface area contributed by atoms with Crippen molar-refractivity contribution in [3.63, 3.8) is 0 Å². The third-order valence-electron chi connectivity index (χ3n) is 9.25. The van der Waals surface area contributed by atoms with Crippen LogP contribution in [0.4, 0.5) is 0 Å². The Hall–Kier alpha value is -2.16. The highest BCUT2D eigenvalue weighted by molar-refractivity contribution is 5.50. The van der Waals surface area contributed by atoms with E-state index in [2.05, 4.69) is 52.5 Å². The molecule has 8 nitrogen and oxygen atoms in total. The predicted molar refractivity (Wildman–Crippen MR) is 163 cm³/mol. The molecule has 0 aliphatic carbocycles. The Labute approximate surface area is 296 Å². The van der Waals surface area contributed by atoms with Crippen LogP contribution in [0.25, 0.3) is 0 Å². The zero-order valence-electron chi connectivity index (χ0n) is 27.1. The molecule has 2 aliphatic rings. The first-order chi connectivity index (χ1) is 20.1. The van der Waals surface area contributed by atoms with Crippen LogP contribution in [0.15, 0.2) is 48.5 Å². The van der Waals surface area contributed by atoms with Gasteiger partial charge in [-0.2, -0.15) is 0 Å². The smallest absolute Gasteiger partial charge is 0.161 e. The molecule has 0 N–H and O–H groups in total. The molecular formula is C34H46I2N2O6. The number of likely N-dealkylation sites (N-methyl/N-ethyl adjacent to an activating group) is 2. The lowest BCUT2D eigenvalue weighted by Crippen LogP contribution is -3.00. The lowest BCUT2D eigenvalue weighted by atomic mass is 9.91. The molecule has 10 heteroatoms. The Bertz CT molecular complexity index is 1310. The van der Waals surface area contributed by atoms with E-state index in [9.17, 15) is 0 Å². The van der Waals surface area contributed by atoms with Crippen molar-refractivity contribution in [2.24, 2.45) is 0 Å². The Kier molecular flexibility index (Phi) is 12.3. The summed E-state index contributed by atoms with van der Waals surface area (Å²) < 4.78 is 36.8. The lowest BCUT2D eigenvalue weighted by molar-refractivity contribution is -0.923. The van der Waals surface area contributed by atoms with Gasteiger partial charge >= 0.3 is 0 Å². The predicted octanol–water partition coefficient (Wildman–Crippen LogP) is -0.766. The third-order valence-corrected chi connectivity index (χ3v) is 9.25. The maximum absolute atomic E-state index is 6.37. The van der Waals surface area contributed by atoms with E-state index in [1.54, 1.807) is 28.4 Å². The molecule has 0 amide bonds. The minimum absolute atomic E-state index is 0. The number of ether oxygens (including phenoxy) is 6. The number of quaternary nitrogens is 2. The number of methoxy groups -OCH3 is 4. The molecule has 0 radical (unpaired) electrons. The first kappa shape index (κ1) is 36.3. The van der Waals surface area contributed by atoms with Crippen LogP contribution in [0.5, 0.6) is 34.5 Å². The molecular weight excluding hydrogens is 786 g/mol. The molecule has 0 aromatic heterocycles. The average Bonchev–Trinajstić information content (AvgIpc) is 2.99. The molecule has 3 aromatic carbocycles. The number of fused-ring (bicyclic) bond motifs is 2. The van der Waals surface area contributed by atoms with E-state index in [4.69, 9.17) is 28.4 Å². The SMILES string of the molecule is COc1cc2c(cc1OC)C(COc1ccc(OCC3c4cc(OC)c(OC)cc4CC[N+]3(C)C)cc1)[N+](C)(C)CC2.[I-].[I-]. The summed E-state index contributed by atoms with van der Waals surface area (Å²) in [4.78, 5) is 0. The molecule has 5 rings (SSSR count). The minimum atomic E-state index is 0. The second kappa shape index (κ2) is 15.0. The fraction of sp³-hybridized carbons (Fsp3) is 0.471. The molecule has 2 atom stereocenters. The van der Waals surface area contributed by atoms with E-state index in [1.807, 2.05) is 24.3 Å². The standard InChI is InChI=1S/C34H46N2O6.2HI/c1-35(2)15-13-23-17-31(37-5)33(39-7)19-27(23)29(35)21-41-25-9-11-26(12-10-25)42-22-30-28-20-34(40-8)32(38-6)18-24(28)14-16-36(30,3)4;;/h9-12,17-20,29-30H,13-16,21-22H2,1-8H3;2*1H/q+2;;/p-2. The van der Waals surface area contributed by atoms with E-state index in [0.717, 1.165) is 69.4 Å². The summed E-state index contributed by atoms with van der Waals surface area (Å²) in [6.45, 7) is 3.18. The van der Waals surface area contributed by atoms with Crippen molar-refractivity contribution in [2.75, 3.05) is 82.9 Å². The zero-order valence-corrected chi connectivity index (χ0v) is 31.4. The number of hydrogen-bond acceptors (Lipinski definition) is 6. The lowest BCUT2D eigenvalue weighted by Gasteiger charge is -2.42. The van der Waals surface area contributed by atoms with Crippen molar-refractivity contribution in [2.45, 2.75) is 24.9 Å². The monoisotopic (exact) mass is 832 g/mol. The molecule has 0 fully saturated rings. The van der Waals surface area contributed by atoms with Crippen molar-refractivity contribution in [1.82, 2.24) is 0 Å².